The van der Waals surface area contributed by atoms with Gasteiger partial charge in [0.2, 0.25) is 10.0 Å². The van der Waals surface area contributed by atoms with Crippen LogP contribution >= 0.6 is 0 Å². The minimum atomic E-state index is -3.44. The summed E-state index contributed by atoms with van der Waals surface area (Å²) < 4.78 is 31.6. The van der Waals surface area contributed by atoms with E-state index in [1.807, 2.05) is 0 Å². The summed E-state index contributed by atoms with van der Waals surface area (Å²) in [6.45, 7) is 3.46. The van der Waals surface area contributed by atoms with Gasteiger partial charge in [-0.15, -0.1) is 0 Å². The largest absolute Gasteiger partial charge is 0.479 e. The van der Waals surface area contributed by atoms with Crippen molar-refractivity contribution in [1.82, 2.24) is 0 Å². The minimum Gasteiger partial charge on any atom is -0.479 e. The monoisotopic (exact) mass is 370 g/mol. The summed E-state index contributed by atoms with van der Waals surface area (Å²) in [5.41, 5.74) is 1.41. The maximum atomic E-state index is 12.3. The topological polar surface area (TPSA) is 122 Å². The van der Waals surface area contributed by atoms with Gasteiger partial charge in [0.05, 0.1) is 11.4 Å². The van der Waals surface area contributed by atoms with Crippen molar-refractivity contribution in [1.29, 1.82) is 0 Å². The zero-order chi connectivity index (χ0) is 18.6. The predicted octanol–water partition coefficient (Wildman–Crippen LogP) is 1.72. The van der Waals surface area contributed by atoms with E-state index in [-0.39, 0.29) is 12.2 Å². The molecule has 0 saturated carbocycles. The molecule has 1 aliphatic rings. The Bertz CT molecular complexity index is 762. The first-order chi connectivity index (χ1) is 11.7. The number of amides is 1. The molecule has 0 aromatic heterocycles. The number of sulfonamides is 1. The Morgan fingerprint density at radius 2 is 1.88 bits per heavy atom. The van der Waals surface area contributed by atoms with Gasteiger partial charge >= 0.3 is 5.97 Å². The lowest BCUT2D eigenvalue weighted by molar-refractivity contribution is -0.150. The summed E-state index contributed by atoms with van der Waals surface area (Å²) in [6, 6.07) is 4.89. The highest BCUT2D eigenvalue weighted by Gasteiger charge is 2.34. The highest BCUT2D eigenvalue weighted by Crippen LogP contribution is 2.26. The second-order valence-electron chi connectivity index (χ2n) is 5.92. The smallest absolute Gasteiger partial charge is 0.332 e. The molecule has 1 aromatic rings. The second-order valence-corrected chi connectivity index (χ2v) is 7.76. The van der Waals surface area contributed by atoms with Crippen molar-refractivity contribution < 1.29 is 27.9 Å². The number of hydrogen-bond acceptors (Lipinski definition) is 5. The molecule has 1 saturated heterocycles. The molecule has 1 heterocycles. The van der Waals surface area contributed by atoms with Crippen LogP contribution in [0.2, 0.25) is 0 Å². The van der Waals surface area contributed by atoms with Gasteiger partial charge in [-0.2, -0.15) is 0 Å². The van der Waals surface area contributed by atoms with E-state index in [1.54, 1.807) is 32.0 Å². The summed E-state index contributed by atoms with van der Waals surface area (Å²) in [4.78, 5) is 23.2. The molecule has 0 aliphatic carbocycles. The van der Waals surface area contributed by atoms with Crippen LogP contribution in [0.25, 0.3) is 0 Å². The Kier molecular flexibility index (Phi) is 6.02. The van der Waals surface area contributed by atoms with E-state index in [1.165, 1.54) is 0 Å². The van der Waals surface area contributed by atoms with Gasteiger partial charge in [0.15, 0.2) is 6.10 Å². The molecule has 138 valence electrons. The molecule has 3 N–H and O–H groups in total. The van der Waals surface area contributed by atoms with Gasteiger partial charge in [0.25, 0.3) is 5.91 Å². The third-order valence-electron chi connectivity index (χ3n) is 3.92. The van der Waals surface area contributed by atoms with Crippen LogP contribution in [-0.4, -0.2) is 43.4 Å². The van der Waals surface area contributed by atoms with Crippen LogP contribution in [0, 0.1) is 6.92 Å². The number of rotatable bonds is 7. The van der Waals surface area contributed by atoms with Gasteiger partial charge in [-0.3, -0.25) is 9.52 Å². The molecule has 0 spiro atoms. The first-order valence-electron chi connectivity index (χ1n) is 8.02. The Morgan fingerprint density at radius 1 is 1.24 bits per heavy atom. The average Bonchev–Trinajstić information content (AvgIpc) is 3.01. The number of aliphatic carboxylic acids is 1. The van der Waals surface area contributed by atoms with Crippen LogP contribution in [-0.2, 0) is 24.3 Å². The molecule has 0 radical (unpaired) electrons. The molecular weight excluding hydrogens is 348 g/mol. The van der Waals surface area contributed by atoms with Crippen molar-refractivity contribution in [2.75, 3.05) is 15.8 Å². The number of nitrogens with one attached hydrogen (secondary N) is 2. The van der Waals surface area contributed by atoms with E-state index in [0.717, 1.165) is 0 Å². The van der Waals surface area contributed by atoms with Gasteiger partial charge in [-0.25, -0.2) is 13.2 Å². The summed E-state index contributed by atoms with van der Waals surface area (Å²) >= 11 is 0. The Labute approximate surface area is 146 Å². The van der Waals surface area contributed by atoms with Crippen molar-refractivity contribution in [3.05, 3.63) is 23.8 Å². The Morgan fingerprint density at radius 3 is 2.48 bits per heavy atom. The van der Waals surface area contributed by atoms with Crippen molar-refractivity contribution in [3.63, 3.8) is 0 Å². The van der Waals surface area contributed by atoms with Gasteiger partial charge in [0.1, 0.15) is 6.10 Å². The van der Waals surface area contributed by atoms with E-state index in [9.17, 15) is 18.0 Å². The lowest BCUT2D eigenvalue weighted by atomic mass is 10.1. The van der Waals surface area contributed by atoms with E-state index in [0.29, 0.717) is 29.8 Å². The van der Waals surface area contributed by atoms with E-state index < -0.39 is 34.1 Å². The zero-order valence-corrected chi connectivity index (χ0v) is 14.9. The molecule has 2 atom stereocenters. The molecule has 1 aliphatic heterocycles. The number of ether oxygens (including phenoxy) is 1. The normalized spacial score (nSPS) is 20.2. The SMILES string of the molecule is CCCS(=O)(=O)Nc1cccc(NC(=O)[C@@H]2CC[C@H](C(=O)O)O2)c1C. The summed E-state index contributed by atoms with van der Waals surface area (Å²) in [6.07, 6.45) is -0.701. The van der Waals surface area contributed by atoms with Gasteiger partial charge in [0, 0.05) is 5.69 Å². The predicted molar refractivity (Wildman–Crippen MR) is 93.0 cm³/mol. The maximum absolute atomic E-state index is 12.3. The number of anilines is 2. The molecule has 2 rings (SSSR count). The highest BCUT2D eigenvalue weighted by atomic mass is 32.2. The van der Waals surface area contributed by atoms with E-state index in [4.69, 9.17) is 9.84 Å². The number of carbonyl (C=O) groups is 2. The average molecular weight is 370 g/mol. The lowest BCUT2D eigenvalue weighted by Crippen LogP contribution is -2.30. The molecule has 0 unspecified atom stereocenters. The van der Waals surface area contributed by atoms with Crippen molar-refractivity contribution >= 4 is 33.3 Å². The molecule has 1 amide bonds. The number of benzene rings is 1. The van der Waals surface area contributed by atoms with Gasteiger partial charge in [-0.05, 0) is 43.9 Å². The standard InChI is InChI=1S/C16H22N2O6S/c1-3-9-25(22,23)18-12-6-4-5-11(10(12)2)17-15(19)13-7-8-14(24-13)16(20)21/h4-6,13-14,18H,3,7-9H2,1-2H3,(H,17,19)(H,20,21)/t13-,14+/m0/s1. The zero-order valence-electron chi connectivity index (χ0n) is 14.1. The van der Waals surface area contributed by atoms with Gasteiger partial charge in [-0.1, -0.05) is 13.0 Å². The first-order valence-corrected chi connectivity index (χ1v) is 9.68. The van der Waals surface area contributed by atoms with Crippen molar-refractivity contribution in [3.8, 4) is 0 Å². The maximum Gasteiger partial charge on any atom is 0.332 e. The third kappa shape index (κ3) is 4.93. The summed E-state index contributed by atoms with van der Waals surface area (Å²) in [5, 5.41) is 11.6. The minimum absolute atomic E-state index is 0.00944. The Balaban J connectivity index is 2.09. The van der Waals surface area contributed by atoms with Crippen LogP contribution < -0.4 is 10.0 Å². The van der Waals surface area contributed by atoms with Gasteiger partial charge < -0.3 is 15.2 Å². The lowest BCUT2D eigenvalue weighted by Gasteiger charge is -2.16. The number of carboxylic acids is 1. The van der Waals surface area contributed by atoms with Crippen LogP contribution in [0.1, 0.15) is 31.7 Å². The summed E-state index contributed by atoms with van der Waals surface area (Å²) in [7, 11) is -3.44. The highest BCUT2D eigenvalue weighted by molar-refractivity contribution is 7.92. The van der Waals surface area contributed by atoms with Crippen LogP contribution in [0.3, 0.4) is 0 Å². The molecule has 1 aromatic carbocycles. The molecule has 9 heteroatoms. The number of carboxylic acid groups (broad SMARTS) is 1. The molecule has 8 nitrogen and oxygen atoms in total. The van der Waals surface area contributed by atoms with E-state index in [2.05, 4.69) is 10.0 Å². The fraction of sp³-hybridized carbons (Fsp3) is 0.500. The summed E-state index contributed by atoms with van der Waals surface area (Å²) in [5.74, 6) is -1.52. The molecule has 0 bridgehead atoms. The molecular formula is C16H22N2O6S. The molecule has 25 heavy (non-hydrogen) atoms. The fourth-order valence-electron chi connectivity index (χ4n) is 2.59. The first kappa shape index (κ1) is 19.2. The van der Waals surface area contributed by atoms with Crippen LogP contribution in [0.15, 0.2) is 18.2 Å². The third-order valence-corrected chi connectivity index (χ3v) is 5.39. The second kappa shape index (κ2) is 7.83. The number of hydrogen-bond donors (Lipinski definition) is 3. The van der Waals surface area contributed by atoms with Crippen molar-refractivity contribution in [2.45, 2.75) is 45.3 Å². The van der Waals surface area contributed by atoms with Crippen LogP contribution in [0.4, 0.5) is 11.4 Å². The number of carbonyl (C=O) groups excluding carboxylic acids is 1. The fourth-order valence-corrected chi connectivity index (χ4v) is 3.79. The van der Waals surface area contributed by atoms with Crippen molar-refractivity contribution in [2.24, 2.45) is 0 Å². The van der Waals surface area contributed by atoms with E-state index >= 15 is 0 Å². The molecule has 1 fully saturated rings. The Hall–Kier alpha value is -2.13. The van der Waals surface area contributed by atoms with Crippen LogP contribution in [0.5, 0.6) is 0 Å². The quantitative estimate of drug-likeness (QED) is 0.672.